The number of nitrogen functional groups attached to an aromatic ring is 1. The molecule has 1 aliphatic heterocycles. The van der Waals surface area contributed by atoms with Crippen LogP contribution in [0.3, 0.4) is 0 Å². The van der Waals surface area contributed by atoms with E-state index in [1.165, 1.54) is 0 Å². The Bertz CT molecular complexity index is 391. The van der Waals surface area contributed by atoms with Gasteiger partial charge in [0, 0.05) is 19.6 Å². The van der Waals surface area contributed by atoms with E-state index in [1.54, 1.807) is 12.4 Å². The predicted octanol–water partition coefficient (Wildman–Crippen LogP) is -0.231. The second-order valence-corrected chi connectivity index (χ2v) is 4.12. The number of amides is 1. The number of nitrogens with two attached hydrogens (primary N) is 1. The number of rotatable bonds is 3. The maximum absolute atomic E-state index is 11.7. The lowest BCUT2D eigenvalue weighted by molar-refractivity contribution is -0.129. The van der Waals surface area contributed by atoms with E-state index in [0.29, 0.717) is 18.9 Å². The fraction of sp³-hybridized carbons (Fsp3) is 0.545. The molecule has 0 radical (unpaired) electrons. The topological polar surface area (TPSA) is 84.1 Å². The molecule has 0 spiro atoms. The van der Waals surface area contributed by atoms with Crippen LogP contribution in [0.1, 0.15) is 19.0 Å². The summed E-state index contributed by atoms with van der Waals surface area (Å²) < 4.78 is 0. The molecule has 1 aliphatic rings. The van der Waals surface area contributed by atoms with Gasteiger partial charge in [0.25, 0.3) is 0 Å². The molecule has 0 aromatic carbocycles. The van der Waals surface area contributed by atoms with Crippen LogP contribution in [-0.4, -0.2) is 39.9 Å². The largest absolute Gasteiger partial charge is 0.382 e. The first kappa shape index (κ1) is 11.8. The van der Waals surface area contributed by atoms with Crippen molar-refractivity contribution >= 4 is 11.7 Å². The van der Waals surface area contributed by atoms with Gasteiger partial charge >= 0.3 is 0 Å². The minimum absolute atomic E-state index is 0.0666. The summed E-state index contributed by atoms with van der Waals surface area (Å²) in [5, 5.41) is 2.87. The number of nitrogens with one attached hydrogen (secondary N) is 1. The third-order valence-electron chi connectivity index (χ3n) is 2.92. The van der Waals surface area contributed by atoms with Gasteiger partial charge in [0.15, 0.2) is 0 Å². The molecule has 1 saturated heterocycles. The van der Waals surface area contributed by atoms with Gasteiger partial charge in [-0.1, -0.05) is 6.92 Å². The van der Waals surface area contributed by atoms with Crippen LogP contribution >= 0.6 is 0 Å². The van der Waals surface area contributed by atoms with Crippen molar-refractivity contribution in [3.05, 3.63) is 18.1 Å². The number of nitrogens with zero attached hydrogens (tertiary/aromatic N) is 3. The number of piperazine rings is 1. The van der Waals surface area contributed by atoms with Crippen LogP contribution in [0.2, 0.25) is 0 Å². The molecule has 1 fully saturated rings. The van der Waals surface area contributed by atoms with E-state index in [4.69, 9.17) is 5.73 Å². The number of aromatic nitrogens is 2. The number of anilines is 1. The lowest BCUT2D eigenvalue weighted by Gasteiger charge is -2.34. The summed E-state index contributed by atoms with van der Waals surface area (Å²) in [5.74, 6) is 0.513. The molecule has 2 heterocycles. The van der Waals surface area contributed by atoms with E-state index in [0.717, 1.165) is 18.7 Å². The highest BCUT2D eigenvalue weighted by atomic mass is 16.2. The fourth-order valence-electron chi connectivity index (χ4n) is 2.05. The Morgan fingerprint density at radius 1 is 1.53 bits per heavy atom. The van der Waals surface area contributed by atoms with Crippen LogP contribution < -0.4 is 11.1 Å². The standard InChI is InChI=1S/C11H17N5O/c1-2-9-11(17)13-3-4-16(9)7-8-5-15-10(12)6-14-8/h5-6,9H,2-4,7H2,1H3,(H2,12,15)(H,13,17). The van der Waals surface area contributed by atoms with Gasteiger partial charge in [-0.15, -0.1) is 0 Å². The smallest absolute Gasteiger partial charge is 0.237 e. The molecule has 1 amide bonds. The van der Waals surface area contributed by atoms with Crippen molar-refractivity contribution in [3.63, 3.8) is 0 Å². The summed E-state index contributed by atoms with van der Waals surface area (Å²) in [6.07, 6.45) is 4.00. The Morgan fingerprint density at radius 3 is 3.00 bits per heavy atom. The lowest BCUT2D eigenvalue weighted by atomic mass is 10.1. The Hall–Kier alpha value is -1.69. The Balaban J connectivity index is 2.06. The number of carbonyl (C=O) groups excluding carboxylic acids is 1. The number of hydrogen-bond acceptors (Lipinski definition) is 5. The number of carbonyl (C=O) groups is 1. The van der Waals surface area contributed by atoms with Crippen molar-refractivity contribution in [1.82, 2.24) is 20.2 Å². The van der Waals surface area contributed by atoms with Gasteiger partial charge in [0.1, 0.15) is 5.82 Å². The van der Waals surface area contributed by atoms with Crippen LogP contribution in [0.5, 0.6) is 0 Å². The quantitative estimate of drug-likeness (QED) is 0.756. The zero-order valence-corrected chi connectivity index (χ0v) is 9.89. The third kappa shape index (κ3) is 2.71. The van der Waals surface area contributed by atoms with Crippen LogP contribution in [0.15, 0.2) is 12.4 Å². The first-order valence-corrected chi connectivity index (χ1v) is 5.79. The first-order valence-electron chi connectivity index (χ1n) is 5.79. The molecule has 1 atom stereocenters. The molecule has 0 aliphatic carbocycles. The zero-order valence-electron chi connectivity index (χ0n) is 9.89. The second-order valence-electron chi connectivity index (χ2n) is 4.12. The Kier molecular flexibility index (Phi) is 3.53. The molecule has 1 aromatic rings. The van der Waals surface area contributed by atoms with Gasteiger partial charge in [-0.2, -0.15) is 0 Å². The average Bonchev–Trinajstić information content (AvgIpc) is 2.32. The summed E-state index contributed by atoms with van der Waals surface area (Å²) in [6, 6.07) is -0.0666. The molecule has 17 heavy (non-hydrogen) atoms. The summed E-state index contributed by atoms with van der Waals surface area (Å²) in [4.78, 5) is 22.0. The lowest BCUT2D eigenvalue weighted by Crippen LogP contribution is -2.54. The SMILES string of the molecule is CCC1C(=O)NCCN1Cc1cnc(N)cn1. The van der Waals surface area contributed by atoms with Gasteiger partial charge in [0.05, 0.1) is 24.1 Å². The molecule has 3 N–H and O–H groups in total. The molecule has 6 nitrogen and oxygen atoms in total. The van der Waals surface area contributed by atoms with E-state index in [2.05, 4.69) is 20.2 Å². The highest BCUT2D eigenvalue weighted by Gasteiger charge is 2.27. The minimum atomic E-state index is -0.0666. The van der Waals surface area contributed by atoms with Gasteiger partial charge in [-0.3, -0.25) is 14.7 Å². The van der Waals surface area contributed by atoms with Crippen molar-refractivity contribution in [1.29, 1.82) is 0 Å². The van der Waals surface area contributed by atoms with Gasteiger partial charge < -0.3 is 11.1 Å². The summed E-state index contributed by atoms with van der Waals surface area (Å²) in [6.45, 7) is 4.18. The molecule has 0 bridgehead atoms. The minimum Gasteiger partial charge on any atom is -0.382 e. The molecular formula is C11H17N5O. The van der Waals surface area contributed by atoms with Gasteiger partial charge in [0.2, 0.25) is 5.91 Å². The van der Waals surface area contributed by atoms with Crippen LogP contribution in [0.25, 0.3) is 0 Å². The Morgan fingerprint density at radius 2 is 2.35 bits per heavy atom. The molecule has 1 aromatic heterocycles. The molecule has 1 unspecified atom stereocenters. The molecule has 92 valence electrons. The van der Waals surface area contributed by atoms with Crippen molar-refractivity contribution in [2.24, 2.45) is 0 Å². The molecule has 6 heteroatoms. The predicted molar refractivity (Wildman–Crippen MR) is 63.9 cm³/mol. The third-order valence-corrected chi connectivity index (χ3v) is 2.92. The Labute approximate surface area is 100 Å². The van der Waals surface area contributed by atoms with Crippen molar-refractivity contribution in [2.75, 3.05) is 18.8 Å². The highest BCUT2D eigenvalue weighted by molar-refractivity contribution is 5.82. The molecular weight excluding hydrogens is 218 g/mol. The van der Waals surface area contributed by atoms with Crippen LogP contribution in [0.4, 0.5) is 5.82 Å². The highest BCUT2D eigenvalue weighted by Crippen LogP contribution is 2.12. The molecule has 2 rings (SSSR count). The first-order chi connectivity index (χ1) is 8.20. The van der Waals surface area contributed by atoms with E-state index in [-0.39, 0.29) is 11.9 Å². The van der Waals surface area contributed by atoms with Crippen molar-refractivity contribution in [3.8, 4) is 0 Å². The number of hydrogen-bond donors (Lipinski definition) is 2. The summed E-state index contributed by atoms with van der Waals surface area (Å²) in [5.41, 5.74) is 6.32. The van der Waals surface area contributed by atoms with Gasteiger partial charge in [-0.05, 0) is 6.42 Å². The van der Waals surface area contributed by atoms with Gasteiger partial charge in [-0.25, -0.2) is 4.98 Å². The van der Waals surface area contributed by atoms with Crippen molar-refractivity contribution in [2.45, 2.75) is 25.9 Å². The molecule has 0 saturated carbocycles. The average molecular weight is 235 g/mol. The van der Waals surface area contributed by atoms with Crippen LogP contribution in [0, 0.1) is 0 Å². The van der Waals surface area contributed by atoms with Crippen molar-refractivity contribution < 1.29 is 4.79 Å². The fourth-order valence-corrected chi connectivity index (χ4v) is 2.05. The summed E-state index contributed by atoms with van der Waals surface area (Å²) in [7, 11) is 0. The monoisotopic (exact) mass is 235 g/mol. The maximum atomic E-state index is 11.7. The van der Waals surface area contributed by atoms with E-state index in [9.17, 15) is 4.79 Å². The zero-order chi connectivity index (χ0) is 12.3. The maximum Gasteiger partial charge on any atom is 0.237 e. The normalized spacial score (nSPS) is 21.2. The van der Waals surface area contributed by atoms with E-state index >= 15 is 0 Å². The second kappa shape index (κ2) is 5.09. The van der Waals surface area contributed by atoms with Crippen LogP contribution in [-0.2, 0) is 11.3 Å². The van der Waals surface area contributed by atoms with E-state index < -0.39 is 0 Å². The summed E-state index contributed by atoms with van der Waals surface area (Å²) >= 11 is 0. The van der Waals surface area contributed by atoms with E-state index in [1.807, 2.05) is 6.92 Å².